The number of hydrogen-bond donors (Lipinski definition) is 6. The van der Waals surface area contributed by atoms with E-state index in [9.17, 15) is 59.4 Å². The second kappa shape index (κ2) is 16.3. The Morgan fingerprint density at radius 3 is 1.61 bits per heavy atom. The first-order chi connectivity index (χ1) is 20.5. The number of unbranched alkanes of at least 4 members (excludes halogenated alkanes) is 3. The molecule has 0 aromatic heterocycles. The molecular formula is C24H36Bi2O18. The number of aliphatic hydroxyl groups excluding tert-OH is 3. The van der Waals surface area contributed by atoms with E-state index in [-0.39, 0.29) is 19.3 Å². The molecule has 0 saturated carbocycles. The van der Waals surface area contributed by atoms with E-state index >= 15 is 0 Å². The third-order valence-corrected chi connectivity index (χ3v) is 14.3. The van der Waals surface area contributed by atoms with Gasteiger partial charge < -0.3 is 0 Å². The number of hydrogen-bond acceptors (Lipinski definition) is 18. The topological polar surface area (TPSA) is 279 Å². The molecule has 18 nitrogen and oxygen atoms in total. The van der Waals surface area contributed by atoms with Crippen molar-refractivity contribution in [2.24, 2.45) is 0 Å². The van der Waals surface area contributed by atoms with Crippen molar-refractivity contribution in [1.82, 2.24) is 0 Å². The van der Waals surface area contributed by atoms with Gasteiger partial charge in [-0.05, 0) is 0 Å². The van der Waals surface area contributed by atoms with Gasteiger partial charge >= 0.3 is 272 Å². The Balaban J connectivity index is 2.24. The first-order valence-corrected chi connectivity index (χ1v) is 22.2. The zero-order chi connectivity index (χ0) is 33.5. The van der Waals surface area contributed by atoms with Crippen LogP contribution < -0.4 is 0 Å². The van der Waals surface area contributed by atoms with Crippen molar-refractivity contribution in [2.75, 3.05) is 0 Å². The molecule has 6 N–H and O–H groups in total. The van der Waals surface area contributed by atoms with Crippen molar-refractivity contribution in [2.45, 2.75) is 114 Å². The molecule has 20 heteroatoms. The summed E-state index contributed by atoms with van der Waals surface area (Å²) < 4.78 is 29.1. The summed E-state index contributed by atoms with van der Waals surface area (Å²) >= 11 is -10.1. The van der Waals surface area contributed by atoms with Gasteiger partial charge in [0.2, 0.25) is 0 Å². The predicted octanol–water partition coefficient (Wildman–Crippen LogP) is -2.91. The van der Waals surface area contributed by atoms with Crippen LogP contribution in [0.3, 0.4) is 0 Å². The molecule has 0 aromatic rings. The van der Waals surface area contributed by atoms with Crippen molar-refractivity contribution in [3.8, 4) is 0 Å². The number of carbonyl (C=O) groups is 6. The van der Waals surface area contributed by atoms with E-state index in [2.05, 4.69) is 0 Å². The molecule has 0 amide bonds. The number of carbonyl (C=O) groups excluding carboxylic acids is 6. The monoisotopic (exact) mass is 1030 g/mol. The fourth-order valence-electron chi connectivity index (χ4n) is 3.90. The quantitative estimate of drug-likeness (QED) is 0.0952. The number of rotatable bonds is 14. The fraction of sp³-hybridized carbons (Fsp3) is 0.750. The summed E-state index contributed by atoms with van der Waals surface area (Å²) in [5, 5.41) is 63.3. The van der Waals surface area contributed by atoms with Gasteiger partial charge in [0.25, 0.3) is 0 Å². The van der Waals surface area contributed by atoms with Gasteiger partial charge in [0, 0.05) is 0 Å². The van der Waals surface area contributed by atoms with Crippen LogP contribution in [0.2, 0.25) is 0 Å². The molecule has 0 bridgehead atoms. The van der Waals surface area contributed by atoms with Crippen molar-refractivity contribution in [3.05, 3.63) is 0 Å². The van der Waals surface area contributed by atoms with E-state index in [4.69, 9.17) is 16.9 Å². The summed E-state index contributed by atoms with van der Waals surface area (Å²) in [6.45, 7) is 5.03. The van der Waals surface area contributed by atoms with Crippen LogP contribution >= 0.6 is 0 Å². The fourth-order valence-corrected chi connectivity index (χ4v) is 11.1. The van der Waals surface area contributed by atoms with E-state index in [0.717, 1.165) is 0 Å². The third-order valence-electron chi connectivity index (χ3n) is 6.79. The molecule has 2 saturated heterocycles. The van der Waals surface area contributed by atoms with E-state index < -0.39 is 136 Å². The van der Waals surface area contributed by atoms with Crippen LogP contribution in [0.4, 0.5) is 0 Å². The summed E-state index contributed by atoms with van der Waals surface area (Å²) in [6.07, 6.45) is -7.44. The van der Waals surface area contributed by atoms with Crippen LogP contribution in [-0.2, 0) is 45.6 Å². The Morgan fingerprint density at radius 1 is 0.795 bits per heavy atom. The Hall–Kier alpha value is -1.65. The van der Waals surface area contributed by atoms with Gasteiger partial charge in [-0.2, -0.15) is 0 Å². The number of aliphatic hydroxyl groups is 6. The van der Waals surface area contributed by atoms with Crippen molar-refractivity contribution < 1.29 is 76.3 Å². The molecule has 2 aliphatic heterocycles. The van der Waals surface area contributed by atoms with Crippen LogP contribution in [0.1, 0.15) is 78.6 Å². The van der Waals surface area contributed by atoms with Crippen molar-refractivity contribution in [3.63, 3.8) is 0 Å². The van der Waals surface area contributed by atoms with Gasteiger partial charge in [-0.15, -0.1) is 0 Å². The Morgan fingerprint density at radius 2 is 1.20 bits per heavy atom. The third kappa shape index (κ3) is 8.58. The standard InChI is InChI=1S/3C8H14O6.2Bi/c3*1-2-3-4-8(14,7(12)13)5(9)6(10)11;;/h3*5,9,14H,2-4H2,1H3,(H,10,11)(H,12,13);;/q;;;2*+3/p-6. The van der Waals surface area contributed by atoms with Crippen LogP contribution in [-0.4, -0.2) is 148 Å². The Labute approximate surface area is 270 Å². The minimum absolute atomic E-state index is 0.0166. The minimum atomic E-state index is -5.06. The van der Waals surface area contributed by atoms with Crippen molar-refractivity contribution >= 4 is 82.0 Å². The first-order valence-electron chi connectivity index (χ1n) is 13.7. The zero-order valence-corrected chi connectivity index (χ0v) is 31.0. The van der Waals surface area contributed by atoms with Gasteiger partial charge in [-0.1, -0.05) is 0 Å². The molecule has 0 aromatic carbocycles. The molecule has 6 unspecified atom stereocenters. The van der Waals surface area contributed by atoms with Gasteiger partial charge in [-0.25, -0.2) is 0 Å². The van der Waals surface area contributed by atoms with Crippen LogP contribution in [0.5, 0.6) is 0 Å². The molecule has 0 spiro atoms. The van der Waals surface area contributed by atoms with Crippen LogP contribution in [0.15, 0.2) is 0 Å². The summed E-state index contributed by atoms with van der Waals surface area (Å²) in [4.78, 5) is 75.6. The Kier molecular flexibility index (Phi) is 14.2. The molecule has 250 valence electrons. The van der Waals surface area contributed by atoms with Crippen molar-refractivity contribution in [1.29, 1.82) is 0 Å². The molecule has 2 aliphatic rings. The molecule has 0 aliphatic carbocycles. The maximum atomic E-state index is 13.1. The first kappa shape index (κ1) is 38.5. The summed E-state index contributed by atoms with van der Waals surface area (Å²) in [7, 11) is 0. The van der Waals surface area contributed by atoms with E-state index in [1.54, 1.807) is 20.8 Å². The average Bonchev–Trinajstić information content (AvgIpc) is 3.11. The van der Waals surface area contributed by atoms with Gasteiger partial charge in [0.15, 0.2) is 0 Å². The molecule has 2 rings (SSSR count). The molecule has 0 radical (unpaired) electrons. The predicted molar refractivity (Wildman–Crippen MR) is 140 cm³/mol. The van der Waals surface area contributed by atoms with E-state index in [0.29, 0.717) is 19.3 Å². The molecule has 2 fully saturated rings. The average molecular weight is 1030 g/mol. The second-order valence-electron chi connectivity index (χ2n) is 10.1. The zero-order valence-electron chi connectivity index (χ0n) is 24.1. The van der Waals surface area contributed by atoms with Gasteiger partial charge in [0.05, 0.1) is 0 Å². The van der Waals surface area contributed by atoms with E-state index in [1.807, 2.05) is 0 Å². The summed E-state index contributed by atoms with van der Waals surface area (Å²) in [5.41, 5.74) is -8.55. The molecule has 6 atom stereocenters. The molecule has 2 heterocycles. The maximum absolute atomic E-state index is 13.1. The Bertz CT molecular complexity index is 1100. The van der Waals surface area contributed by atoms with E-state index in [1.165, 1.54) is 0 Å². The van der Waals surface area contributed by atoms with Crippen LogP contribution in [0, 0.1) is 0 Å². The SMILES string of the molecule is CCCCC1(O)C(=O)[O][Bi]([O]C(=O)C(O)C(O)(CCCC)C(=O)[O][Bi]2[O]C(=O)C(O)C(O)(CCCC)C(=O)[O]2)[O]C(=O)C1O. The van der Waals surface area contributed by atoms with Crippen LogP contribution in [0.25, 0.3) is 0 Å². The van der Waals surface area contributed by atoms with Gasteiger partial charge in [-0.3, -0.25) is 0 Å². The summed E-state index contributed by atoms with van der Waals surface area (Å²) in [5.74, 6) is -9.72. The van der Waals surface area contributed by atoms with Gasteiger partial charge in [0.1, 0.15) is 0 Å². The molecule has 44 heavy (non-hydrogen) atoms. The molecular weight excluding hydrogens is 994 g/mol. The normalized spacial score (nSPS) is 28.8. The second-order valence-corrected chi connectivity index (χ2v) is 17.8. The summed E-state index contributed by atoms with van der Waals surface area (Å²) in [6, 6.07) is 0.